The molecule has 2 N–H and O–H groups in total. The Kier molecular flexibility index (Phi) is 2.92. The van der Waals surface area contributed by atoms with Crippen molar-refractivity contribution in [2.75, 3.05) is 0 Å². The summed E-state index contributed by atoms with van der Waals surface area (Å²) in [6.45, 7) is 3.54. The third-order valence-corrected chi connectivity index (χ3v) is 1.92. The predicted molar refractivity (Wildman–Crippen MR) is 54.1 cm³/mol. The third kappa shape index (κ3) is 2.36. The zero-order valence-electron chi connectivity index (χ0n) is 8.11. The number of carboxylic acids is 1. The van der Waals surface area contributed by atoms with Crippen molar-refractivity contribution in [2.45, 2.75) is 13.8 Å². The molecule has 3 nitrogen and oxygen atoms in total. The standard InChI is InChI=1S/C11H12O3/c1-7-3-4-10(12)9(5-7)8(2)6-11(13)14/h3-6,12H,1-2H3,(H,13,14)/b8-6-. The van der Waals surface area contributed by atoms with E-state index in [1.54, 1.807) is 25.1 Å². The number of allylic oxidation sites excluding steroid dienone is 1. The lowest BCUT2D eigenvalue weighted by Gasteiger charge is -2.05. The molecule has 0 aliphatic rings. The molecule has 0 bridgehead atoms. The molecule has 1 aromatic rings. The van der Waals surface area contributed by atoms with Gasteiger partial charge in [-0.2, -0.15) is 0 Å². The van der Waals surface area contributed by atoms with Crippen LogP contribution in [0, 0.1) is 6.92 Å². The van der Waals surface area contributed by atoms with Crippen LogP contribution in [0.2, 0.25) is 0 Å². The molecule has 0 fully saturated rings. The van der Waals surface area contributed by atoms with Crippen LogP contribution in [0.4, 0.5) is 0 Å². The van der Waals surface area contributed by atoms with Crippen molar-refractivity contribution < 1.29 is 15.0 Å². The Bertz CT molecular complexity index is 392. The van der Waals surface area contributed by atoms with Crippen molar-refractivity contribution in [3.05, 3.63) is 35.4 Å². The number of hydrogen-bond acceptors (Lipinski definition) is 2. The van der Waals surface area contributed by atoms with E-state index in [-0.39, 0.29) is 5.75 Å². The monoisotopic (exact) mass is 192 g/mol. The second kappa shape index (κ2) is 3.96. The molecule has 0 unspecified atom stereocenters. The van der Waals surface area contributed by atoms with E-state index < -0.39 is 5.97 Å². The normalized spacial score (nSPS) is 11.4. The first-order chi connectivity index (χ1) is 6.50. The van der Waals surface area contributed by atoms with Crippen LogP contribution < -0.4 is 0 Å². The summed E-state index contributed by atoms with van der Waals surface area (Å²) in [5, 5.41) is 18.0. The summed E-state index contributed by atoms with van der Waals surface area (Å²) >= 11 is 0. The average molecular weight is 192 g/mol. The van der Waals surface area contributed by atoms with E-state index in [0.29, 0.717) is 11.1 Å². The van der Waals surface area contributed by atoms with E-state index in [4.69, 9.17) is 5.11 Å². The molecule has 0 aliphatic carbocycles. The fourth-order valence-corrected chi connectivity index (χ4v) is 1.23. The van der Waals surface area contributed by atoms with Gasteiger partial charge >= 0.3 is 5.97 Å². The molecule has 0 saturated carbocycles. The van der Waals surface area contributed by atoms with Gasteiger partial charge in [0.05, 0.1) is 0 Å². The summed E-state index contributed by atoms with van der Waals surface area (Å²) in [7, 11) is 0. The molecule has 3 heteroatoms. The maximum Gasteiger partial charge on any atom is 0.328 e. The van der Waals surface area contributed by atoms with Gasteiger partial charge in [0, 0.05) is 11.6 Å². The molecular weight excluding hydrogens is 180 g/mol. The molecule has 14 heavy (non-hydrogen) atoms. The summed E-state index contributed by atoms with van der Waals surface area (Å²) in [6.07, 6.45) is 1.08. The zero-order valence-corrected chi connectivity index (χ0v) is 8.11. The van der Waals surface area contributed by atoms with Crippen LogP contribution in [-0.4, -0.2) is 16.2 Å². The van der Waals surface area contributed by atoms with Gasteiger partial charge in [-0.05, 0) is 31.6 Å². The Morgan fingerprint density at radius 2 is 2.07 bits per heavy atom. The summed E-state index contributed by atoms with van der Waals surface area (Å²) in [6, 6.07) is 5.08. The lowest BCUT2D eigenvalue weighted by atomic mass is 10.0. The Morgan fingerprint density at radius 3 is 2.64 bits per heavy atom. The van der Waals surface area contributed by atoms with Crippen LogP contribution in [0.1, 0.15) is 18.1 Å². The summed E-state index contributed by atoms with van der Waals surface area (Å²) in [4.78, 5) is 10.4. The fourth-order valence-electron chi connectivity index (χ4n) is 1.23. The number of aromatic hydroxyl groups is 1. The number of carboxylic acid groups (broad SMARTS) is 1. The maximum absolute atomic E-state index is 10.4. The van der Waals surface area contributed by atoms with Crippen LogP contribution in [-0.2, 0) is 4.79 Å². The molecule has 0 spiro atoms. The first kappa shape index (κ1) is 10.3. The predicted octanol–water partition coefficient (Wildman–Crippen LogP) is 2.19. The molecule has 0 saturated heterocycles. The minimum absolute atomic E-state index is 0.102. The van der Waals surface area contributed by atoms with E-state index in [0.717, 1.165) is 11.6 Å². The van der Waals surface area contributed by atoms with E-state index in [9.17, 15) is 9.90 Å². The highest BCUT2D eigenvalue weighted by Crippen LogP contribution is 2.25. The summed E-state index contributed by atoms with van der Waals surface area (Å²) in [5.41, 5.74) is 2.09. The first-order valence-electron chi connectivity index (χ1n) is 4.22. The van der Waals surface area contributed by atoms with Crippen molar-refractivity contribution >= 4 is 11.5 Å². The average Bonchev–Trinajstić information content (AvgIpc) is 2.08. The smallest absolute Gasteiger partial charge is 0.328 e. The number of hydrogen-bond donors (Lipinski definition) is 2. The Morgan fingerprint density at radius 1 is 1.43 bits per heavy atom. The number of phenols is 1. The SMILES string of the molecule is C/C(=C/C(=O)O)c1cc(C)ccc1O. The Labute approximate surface area is 82.3 Å². The first-order valence-corrected chi connectivity index (χ1v) is 4.22. The van der Waals surface area contributed by atoms with Crippen molar-refractivity contribution in [2.24, 2.45) is 0 Å². The van der Waals surface area contributed by atoms with Crippen molar-refractivity contribution in [3.63, 3.8) is 0 Å². The van der Waals surface area contributed by atoms with Gasteiger partial charge in [0.15, 0.2) is 0 Å². The highest BCUT2D eigenvalue weighted by atomic mass is 16.4. The lowest BCUT2D eigenvalue weighted by molar-refractivity contribution is -0.131. The van der Waals surface area contributed by atoms with Crippen LogP contribution in [0.25, 0.3) is 5.57 Å². The zero-order chi connectivity index (χ0) is 10.7. The van der Waals surface area contributed by atoms with Crippen LogP contribution in [0.3, 0.4) is 0 Å². The second-order valence-corrected chi connectivity index (χ2v) is 3.19. The molecule has 74 valence electrons. The van der Waals surface area contributed by atoms with Crippen LogP contribution in [0.5, 0.6) is 5.75 Å². The Balaban J connectivity index is 3.18. The van der Waals surface area contributed by atoms with Gasteiger partial charge in [0.1, 0.15) is 5.75 Å². The quantitative estimate of drug-likeness (QED) is 0.706. The van der Waals surface area contributed by atoms with E-state index in [2.05, 4.69) is 0 Å². The molecular formula is C11H12O3. The number of rotatable bonds is 2. The van der Waals surface area contributed by atoms with Gasteiger partial charge < -0.3 is 10.2 Å². The second-order valence-electron chi connectivity index (χ2n) is 3.19. The van der Waals surface area contributed by atoms with Gasteiger partial charge in [-0.15, -0.1) is 0 Å². The number of aliphatic carboxylic acids is 1. The van der Waals surface area contributed by atoms with Gasteiger partial charge in [-0.3, -0.25) is 0 Å². The van der Waals surface area contributed by atoms with Crippen molar-refractivity contribution in [3.8, 4) is 5.75 Å². The molecule has 0 heterocycles. The maximum atomic E-state index is 10.4. The number of aryl methyl sites for hydroxylation is 1. The molecule has 1 aromatic carbocycles. The highest BCUT2D eigenvalue weighted by Gasteiger charge is 2.04. The fraction of sp³-hybridized carbons (Fsp3) is 0.182. The lowest BCUT2D eigenvalue weighted by Crippen LogP contribution is -1.90. The summed E-state index contributed by atoms with van der Waals surface area (Å²) in [5.74, 6) is -0.908. The highest BCUT2D eigenvalue weighted by molar-refractivity contribution is 5.90. The third-order valence-electron chi connectivity index (χ3n) is 1.92. The van der Waals surface area contributed by atoms with E-state index in [1.165, 1.54) is 0 Å². The topological polar surface area (TPSA) is 57.5 Å². The molecule has 0 radical (unpaired) electrons. The van der Waals surface area contributed by atoms with Gasteiger partial charge in [0.2, 0.25) is 0 Å². The van der Waals surface area contributed by atoms with E-state index >= 15 is 0 Å². The number of phenolic OH excluding ortho intramolecular Hbond substituents is 1. The summed E-state index contributed by atoms with van der Waals surface area (Å²) < 4.78 is 0. The van der Waals surface area contributed by atoms with Gasteiger partial charge in [0.25, 0.3) is 0 Å². The molecule has 0 amide bonds. The van der Waals surface area contributed by atoms with Crippen LogP contribution in [0.15, 0.2) is 24.3 Å². The van der Waals surface area contributed by atoms with Crippen molar-refractivity contribution in [1.82, 2.24) is 0 Å². The minimum atomic E-state index is -1.01. The van der Waals surface area contributed by atoms with Gasteiger partial charge in [-0.1, -0.05) is 11.6 Å². The number of benzene rings is 1. The Hall–Kier alpha value is -1.77. The largest absolute Gasteiger partial charge is 0.507 e. The van der Waals surface area contributed by atoms with E-state index in [1.807, 2.05) is 6.92 Å². The minimum Gasteiger partial charge on any atom is -0.507 e. The van der Waals surface area contributed by atoms with Crippen molar-refractivity contribution in [1.29, 1.82) is 0 Å². The molecule has 0 atom stereocenters. The molecule has 0 aromatic heterocycles. The van der Waals surface area contributed by atoms with Gasteiger partial charge in [-0.25, -0.2) is 4.79 Å². The van der Waals surface area contributed by atoms with Crippen LogP contribution >= 0.6 is 0 Å². The molecule has 0 aliphatic heterocycles. The number of carbonyl (C=O) groups is 1. The molecule has 1 rings (SSSR count).